The third-order valence-corrected chi connectivity index (χ3v) is 9.58. The summed E-state index contributed by atoms with van der Waals surface area (Å²) < 4.78 is 12.2. The maximum atomic E-state index is 12.0. The van der Waals surface area contributed by atoms with E-state index in [0.717, 1.165) is 25.7 Å². The Balaban J connectivity index is 1.50. The smallest absolute Gasteiger partial charge is 0.169 e. The molecule has 6 atom stereocenters. The molecule has 152 valence electrons. The van der Waals surface area contributed by atoms with Crippen molar-refractivity contribution in [1.29, 1.82) is 5.26 Å². The van der Waals surface area contributed by atoms with Gasteiger partial charge in [-0.05, 0) is 86.5 Å². The number of fused-ring (bicyclic) bond motifs is 5. The average molecular weight is 384 g/mol. The zero-order valence-corrected chi connectivity index (χ0v) is 17.3. The molecule has 3 saturated carbocycles. The van der Waals surface area contributed by atoms with Gasteiger partial charge < -0.3 is 9.47 Å². The molecule has 4 fully saturated rings. The summed E-state index contributed by atoms with van der Waals surface area (Å²) in [6.45, 7) is 5.89. The predicted molar refractivity (Wildman–Crippen MR) is 105 cm³/mol. The van der Waals surface area contributed by atoms with Gasteiger partial charge in [0.2, 0.25) is 0 Å². The minimum Gasteiger partial charge on any atom is -0.348 e. The van der Waals surface area contributed by atoms with Crippen LogP contribution >= 0.6 is 0 Å². The van der Waals surface area contributed by atoms with Crippen LogP contribution in [0.25, 0.3) is 0 Å². The highest BCUT2D eigenvalue weighted by Crippen LogP contribution is 2.69. The molecule has 0 unspecified atom stereocenters. The van der Waals surface area contributed by atoms with E-state index in [9.17, 15) is 10.1 Å². The molecule has 0 bridgehead atoms. The van der Waals surface area contributed by atoms with E-state index in [1.807, 2.05) is 6.08 Å². The number of nitriles is 1. The molecule has 0 aromatic carbocycles. The largest absolute Gasteiger partial charge is 0.348 e. The van der Waals surface area contributed by atoms with Gasteiger partial charge in [-0.15, -0.1) is 0 Å². The van der Waals surface area contributed by atoms with Crippen molar-refractivity contribution < 1.29 is 14.3 Å². The number of ketones is 1. The first-order valence-corrected chi connectivity index (χ1v) is 11.3. The number of allylic oxidation sites excluding steroid dienone is 1. The van der Waals surface area contributed by atoms with Gasteiger partial charge >= 0.3 is 0 Å². The first-order valence-electron chi connectivity index (χ1n) is 11.3. The van der Waals surface area contributed by atoms with Crippen LogP contribution < -0.4 is 0 Å². The molecular weight excluding hydrogens is 350 g/mol. The van der Waals surface area contributed by atoms with Crippen LogP contribution in [0.2, 0.25) is 0 Å². The molecule has 0 aromatic heterocycles. The van der Waals surface area contributed by atoms with Gasteiger partial charge in [0, 0.05) is 18.8 Å². The first kappa shape index (κ1) is 18.8. The second kappa shape index (κ2) is 6.41. The van der Waals surface area contributed by atoms with E-state index in [1.54, 1.807) is 0 Å². The molecule has 1 saturated heterocycles. The summed E-state index contributed by atoms with van der Waals surface area (Å²) in [4.78, 5) is 12.0. The standard InChI is InChI=1S/C24H33NO3/c1-22-9-7-17(26)15-16(22)3-4-18-19(22)8-10-24(11-12-25)20(18)5-6-21(24)23(2)27-13-14-28-23/h15,18-21H,3-11,13-14H2,1-2H3/t18-,19-,20+,21-,22-,24-/m1/s1. The molecular formula is C24H33NO3. The summed E-state index contributed by atoms with van der Waals surface area (Å²) in [5.74, 6) is 2.06. The molecule has 0 N–H and O–H groups in total. The maximum absolute atomic E-state index is 12.0. The van der Waals surface area contributed by atoms with Crippen LogP contribution in [0.1, 0.15) is 71.6 Å². The molecule has 0 radical (unpaired) electrons. The molecule has 1 heterocycles. The number of carbonyl (C=O) groups is 1. The van der Waals surface area contributed by atoms with Crippen molar-refractivity contribution in [2.24, 2.45) is 34.5 Å². The topological polar surface area (TPSA) is 59.3 Å². The van der Waals surface area contributed by atoms with E-state index in [2.05, 4.69) is 19.9 Å². The molecule has 5 rings (SSSR count). The third-order valence-electron chi connectivity index (χ3n) is 9.58. The number of ether oxygens (including phenoxy) is 2. The zero-order chi connectivity index (χ0) is 19.6. The van der Waals surface area contributed by atoms with Crippen LogP contribution in [-0.4, -0.2) is 24.8 Å². The Bertz CT molecular complexity index is 745. The summed E-state index contributed by atoms with van der Waals surface area (Å²) in [6.07, 6.45) is 11.2. The van der Waals surface area contributed by atoms with Gasteiger partial charge in [0.25, 0.3) is 0 Å². The van der Waals surface area contributed by atoms with Gasteiger partial charge in [0.15, 0.2) is 11.6 Å². The Morgan fingerprint density at radius 2 is 1.86 bits per heavy atom. The van der Waals surface area contributed by atoms with E-state index in [-0.39, 0.29) is 10.8 Å². The monoisotopic (exact) mass is 383 g/mol. The Hall–Kier alpha value is -1.18. The molecule has 4 heteroatoms. The Morgan fingerprint density at radius 3 is 2.61 bits per heavy atom. The van der Waals surface area contributed by atoms with E-state index in [1.165, 1.54) is 24.8 Å². The highest BCUT2D eigenvalue weighted by molar-refractivity contribution is 5.91. The quantitative estimate of drug-likeness (QED) is 0.688. The summed E-state index contributed by atoms with van der Waals surface area (Å²) in [6, 6.07) is 2.57. The van der Waals surface area contributed by atoms with E-state index in [0.29, 0.717) is 55.5 Å². The van der Waals surface area contributed by atoms with Gasteiger partial charge in [-0.25, -0.2) is 0 Å². The van der Waals surface area contributed by atoms with Gasteiger partial charge in [0.05, 0.1) is 19.3 Å². The Labute approximate surface area is 168 Å². The second-order valence-corrected chi connectivity index (χ2v) is 10.4. The van der Waals surface area contributed by atoms with Crippen LogP contribution in [0.4, 0.5) is 0 Å². The summed E-state index contributed by atoms with van der Waals surface area (Å²) in [7, 11) is 0. The van der Waals surface area contributed by atoms with Gasteiger partial charge in [-0.3, -0.25) is 4.79 Å². The van der Waals surface area contributed by atoms with Gasteiger partial charge in [-0.2, -0.15) is 5.26 Å². The van der Waals surface area contributed by atoms with Crippen molar-refractivity contribution in [2.75, 3.05) is 13.2 Å². The fourth-order valence-electron chi connectivity index (χ4n) is 8.38. The van der Waals surface area contributed by atoms with Crippen LogP contribution in [0.15, 0.2) is 11.6 Å². The SMILES string of the molecule is CC1([C@H]2CC[C@H]3[C@@H]4CCC5=CC(=O)CC[C@@]5(C)[C@@H]4CC[C@]23CC#N)OCCO1. The summed E-state index contributed by atoms with van der Waals surface area (Å²) in [5.41, 5.74) is 1.65. The minimum atomic E-state index is -0.515. The van der Waals surface area contributed by atoms with Crippen LogP contribution in [0, 0.1) is 45.8 Å². The lowest BCUT2D eigenvalue weighted by Gasteiger charge is -2.59. The number of nitrogens with zero attached hydrogens (tertiary/aromatic N) is 1. The molecule has 0 aromatic rings. The fourth-order valence-corrected chi connectivity index (χ4v) is 8.38. The van der Waals surface area contributed by atoms with E-state index >= 15 is 0 Å². The van der Waals surface area contributed by atoms with Crippen LogP contribution in [0.3, 0.4) is 0 Å². The Kier molecular flexibility index (Phi) is 4.31. The van der Waals surface area contributed by atoms with Crippen molar-refractivity contribution in [2.45, 2.75) is 77.4 Å². The molecule has 5 aliphatic rings. The van der Waals surface area contributed by atoms with Crippen molar-refractivity contribution in [3.63, 3.8) is 0 Å². The molecule has 0 amide bonds. The highest BCUT2D eigenvalue weighted by atomic mass is 16.7. The predicted octanol–water partition coefficient (Wildman–Crippen LogP) is 4.79. The van der Waals surface area contributed by atoms with Crippen molar-refractivity contribution in [3.05, 3.63) is 11.6 Å². The average Bonchev–Trinajstić information content (AvgIpc) is 3.27. The lowest BCUT2D eigenvalue weighted by atomic mass is 9.45. The molecule has 1 aliphatic heterocycles. The highest BCUT2D eigenvalue weighted by Gasteiger charge is 2.64. The minimum absolute atomic E-state index is 0.0388. The number of hydrogen-bond acceptors (Lipinski definition) is 4. The number of rotatable bonds is 2. The molecule has 0 spiro atoms. The van der Waals surface area contributed by atoms with Crippen molar-refractivity contribution in [1.82, 2.24) is 0 Å². The molecule has 28 heavy (non-hydrogen) atoms. The maximum Gasteiger partial charge on any atom is 0.169 e. The van der Waals surface area contributed by atoms with Crippen LogP contribution in [0.5, 0.6) is 0 Å². The zero-order valence-electron chi connectivity index (χ0n) is 17.3. The Morgan fingerprint density at radius 1 is 1.07 bits per heavy atom. The third kappa shape index (κ3) is 2.45. The molecule has 4 nitrogen and oxygen atoms in total. The van der Waals surface area contributed by atoms with Crippen molar-refractivity contribution in [3.8, 4) is 6.07 Å². The number of carbonyl (C=O) groups excluding carboxylic acids is 1. The summed E-state index contributed by atoms with van der Waals surface area (Å²) >= 11 is 0. The lowest BCUT2D eigenvalue weighted by molar-refractivity contribution is -0.217. The van der Waals surface area contributed by atoms with Gasteiger partial charge in [-0.1, -0.05) is 12.5 Å². The van der Waals surface area contributed by atoms with E-state index < -0.39 is 5.79 Å². The molecule has 4 aliphatic carbocycles. The normalized spacial score (nSPS) is 46.9. The lowest BCUT2D eigenvalue weighted by Crippen LogP contribution is -2.54. The van der Waals surface area contributed by atoms with Crippen molar-refractivity contribution >= 4 is 5.78 Å². The first-order chi connectivity index (χ1) is 13.4. The fraction of sp³-hybridized carbons (Fsp3) is 0.833. The van der Waals surface area contributed by atoms with E-state index in [4.69, 9.17) is 9.47 Å². The summed E-state index contributed by atoms with van der Waals surface area (Å²) in [5, 5.41) is 9.79. The number of hydrogen-bond donors (Lipinski definition) is 0. The van der Waals surface area contributed by atoms with Gasteiger partial charge in [0.1, 0.15) is 0 Å². The van der Waals surface area contributed by atoms with Crippen LogP contribution in [-0.2, 0) is 14.3 Å². The second-order valence-electron chi connectivity index (χ2n) is 10.4.